The molecule has 1 saturated heterocycles. The van der Waals surface area contributed by atoms with E-state index < -0.39 is 18.3 Å². The summed E-state index contributed by atoms with van der Waals surface area (Å²) in [6, 6.07) is 5.11. The van der Waals surface area contributed by atoms with E-state index in [0.717, 1.165) is 12.8 Å². The SMILES string of the molecule is Cn1nc(Oc2c(Cl)cc(B3OC(C)(C)C(C)(C)O3)cc2Cl)cc(C2CC2)c1=O. The Hall–Kier alpha value is -1.54. The zero-order chi connectivity index (χ0) is 21.1. The lowest BCUT2D eigenvalue weighted by Gasteiger charge is -2.32. The smallest absolute Gasteiger partial charge is 0.434 e. The molecule has 1 aromatic heterocycles. The Kier molecular flexibility index (Phi) is 5.01. The lowest BCUT2D eigenvalue weighted by atomic mass is 9.79. The van der Waals surface area contributed by atoms with Gasteiger partial charge in [0.05, 0.1) is 21.2 Å². The Morgan fingerprint density at radius 2 is 1.66 bits per heavy atom. The Bertz CT molecular complexity index is 995. The fourth-order valence-corrected chi connectivity index (χ4v) is 3.82. The van der Waals surface area contributed by atoms with Crippen LogP contribution in [0.15, 0.2) is 23.0 Å². The first-order chi connectivity index (χ1) is 13.5. The molecule has 1 saturated carbocycles. The largest absolute Gasteiger partial charge is 0.494 e. The fourth-order valence-electron chi connectivity index (χ4n) is 3.24. The normalized spacial score (nSPS) is 20.2. The number of aryl methyl sites for hydroxylation is 1. The van der Waals surface area contributed by atoms with E-state index >= 15 is 0 Å². The van der Waals surface area contributed by atoms with E-state index in [1.54, 1.807) is 25.2 Å². The van der Waals surface area contributed by atoms with Gasteiger partial charge >= 0.3 is 7.12 Å². The number of nitrogens with zero attached hydrogens (tertiary/aromatic N) is 2. The van der Waals surface area contributed by atoms with Gasteiger partial charge < -0.3 is 14.0 Å². The van der Waals surface area contributed by atoms with Crippen LogP contribution in [0.4, 0.5) is 0 Å². The molecule has 2 heterocycles. The topological polar surface area (TPSA) is 62.6 Å². The van der Waals surface area contributed by atoms with Crippen molar-refractivity contribution in [2.45, 2.75) is 57.7 Å². The van der Waals surface area contributed by atoms with E-state index in [9.17, 15) is 4.79 Å². The van der Waals surface area contributed by atoms with Crippen molar-refractivity contribution < 1.29 is 14.0 Å². The Balaban J connectivity index is 1.63. The third kappa shape index (κ3) is 3.81. The summed E-state index contributed by atoms with van der Waals surface area (Å²) < 4.78 is 19.3. The maximum Gasteiger partial charge on any atom is 0.494 e. The number of rotatable bonds is 4. The molecule has 0 amide bonds. The van der Waals surface area contributed by atoms with Crippen LogP contribution in [0.2, 0.25) is 10.0 Å². The minimum absolute atomic E-state index is 0.104. The Morgan fingerprint density at radius 1 is 1.10 bits per heavy atom. The second kappa shape index (κ2) is 7.01. The van der Waals surface area contributed by atoms with E-state index in [-0.39, 0.29) is 23.1 Å². The highest BCUT2D eigenvalue weighted by atomic mass is 35.5. The van der Waals surface area contributed by atoms with Gasteiger partial charge in [-0.2, -0.15) is 0 Å². The molecule has 4 rings (SSSR count). The van der Waals surface area contributed by atoms with Gasteiger partial charge in [0.2, 0.25) is 5.88 Å². The van der Waals surface area contributed by atoms with Gasteiger partial charge in [-0.25, -0.2) is 4.68 Å². The van der Waals surface area contributed by atoms with Gasteiger partial charge in [0.15, 0.2) is 5.75 Å². The average molecular weight is 437 g/mol. The molecular weight excluding hydrogens is 414 g/mol. The minimum atomic E-state index is -0.582. The summed E-state index contributed by atoms with van der Waals surface area (Å²) in [5.74, 6) is 0.832. The van der Waals surface area contributed by atoms with Gasteiger partial charge in [0.25, 0.3) is 5.56 Å². The van der Waals surface area contributed by atoms with Crippen LogP contribution < -0.4 is 15.8 Å². The van der Waals surface area contributed by atoms with Crippen molar-refractivity contribution in [1.82, 2.24) is 9.78 Å². The van der Waals surface area contributed by atoms with Crippen molar-refractivity contribution in [3.05, 3.63) is 44.2 Å². The van der Waals surface area contributed by atoms with E-state index in [0.29, 0.717) is 21.1 Å². The molecule has 0 bridgehead atoms. The van der Waals surface area contributed by atoms with Crippen molar-refractivity contribution >= 4 is 35.8 Å². The van der Waals surface area contributed by atoms with Gasteiger partial charge in [0, 0.05) is 18.7 Å². The van der Waals surface area contributed by atoms with Crippen LogP contribution in [-0.2, 0) is 16.4 Å². The van der Waals surface area contributed by atoms with Crippen LogP contribution in [0.3, 0.4) is 0 Å². The molecule has 2 aromatic rings. The van der Waals surface area contributed by atoms with Crippen LogP contribution in [0, 0.1) is 0 Å². The number of aromatic nitrogens is 2. The number of benzene rings is 1. The predicted octanol–water partition coefficient (Wildman–Crippen LogP) is 4.06. The molecule has 0 N–H and O–H groups in total. The highest BCUT2D eigenvalue weighted by molar-refractivity contribution is 6.63. The lowest BCUT2D eigenvalue weighted by molar-refractivity contribution is 0.00578. The number of hydrogen-bond acceptors (Lipinski definition) is 5. The summed E-state index contributed by atoms with van der Waals surface area (Å²) in [7, 11) is 1.02. The molecule has 1 aromatic carbocycles. The monoisotopic (exact) mass is 436 g/mol. The lowest BCUT2D eigenvalue weighted by Crippen LogP contribution is -2.41. The molecule has 0 unspecified atom stereocenters. The van der Waals surface area contributed by atoms with Gasteiger partial charge in [-0.05, 0) is 64.1 Å². The van der Waals surface area contributed by atoms with Crippen molar-refractivity contribution in [3.63, 3.8) is 0 Å². The first-order valence-corrected chi connectivity index (χ1v) is 10.3. The summed E-state index contributed by atoms with van der Waals surface area (Å²) in [5.41, 5.74) is 0.373. The molecule has 1 aliphatic carbocycles. The first-order valence-electron chi connectivity index (χ1n) is 9.59. The highest BCUT2D eigenvalue weighted by Crippen LogP contribution is 2.41. The average Bonchev–Trinajstić information content (AvgIpc) is 3.41. The molecule has 0 atom stereocenters. The van der Waals surface area contributed by atoms with Gasteiger partial charge in [-0.1, -0.05) is 23.2 Å². The van der Waals surface area contributed by atoms with Crippen molar-refractivity contribution in [2.24, 2.45) is 7.05 Å². The maximum absolute atomic E-state index is 12.3. The van der Waals surface area contributed by atoms with E-state index in [1.807, 2.05) is 27.7 Å². The second-order valence-corrected chi connectivity index (χ2v) is 9.46. The molecule has 0 radical (unpaired) electrons. The first kappa shape index (κ1) is 20.7. The van der Waals surface area contributed by atoms with Crippen LogP contribution in [-0.4, -0.2) is 28.1 Å². The van der Waals surface area contributed by atoms with E-state index in [1.165, 1.54) is 4.68 Å². The number of ether oxygens (including phenoxy) is 1. The Morgan fingerprint density at radius 3 is 2.17 bits per heavy atom. The standard InChI is InChI=1S/C20H23BCl2N2O4/c1-19(2)20(3,4)29-21(28-19)12-8-14(22)17(15(23)9-12)27-16-10-13(11-6-7-11)18(26)25(5)24-16/h8-11H,6-7H2,1-5H3. The van der Waals surface area contributed by atoms with E-state index in [4.69, 9.17) is 37.2 Å². The molecule has 29 heavy (non-hydrogen) atoms. The molecule has 154 valence electrons. The van der Waals surface area contributed by atoms with Crippen LogP contribution in [0.1, 0.15) is 52.0 Å². The number of halogens is 2. The summed E-state index contributed by atoms with van der Waals surface area (Å²) in [5, 5.41) is 4.80. The third-order valence-corrected chi connectivity index (χ3v) is 6.40. The molecule has 9 heteroatoms. The minimum Gasteiger partial charge on any atom is -0.434 e. The van der Waals surface area contributed by atoms with Gasteiger partial charge in [0.1, 0.15) is 0 Å². The maximum atomic E-state index is 12.3. The molecule has 2 fully saturated rings. The van der Waals surface area contributed by atoms with Crippen molar-refractivity contribution in [2.75, 3.05) is 0 Å². The molecule has 2 aliphatic rings. The summed E-state index contributed by atoms with van der Waals surface area (Å²) in [6.07, 6.45) is 2.01. The summed E-state index contributed by atoms with van der Waals surface area (Å²) in [6.45, 7) is 7.93. The highest BCUT2D eigenvalue weighted by Gasteiger charge is 2.51. The zero-order valence-corrected chi connectivity index (χ0v) is 18.6. The molecule has 6 nitrogen and oxygen atoms in total. The van der Waals surface area contributed by atoms with Crippen molar-refractivity contribution in [3.8, 4) is 11.6 Å². The third-order valence-electron chi connectivity index (χ3n) is 5.84. The van der Waals surface area contributed by atoms with Gasteiger partial charge in [-0.15, -0.1) is 5.10 Å². The Labute approximate surface area is 180 Å². The number of hydrogen-bond donors (Lipinski definition) is 0. The quantitative estimate of drug-likeness (QED) is 0.676. The van der Waals surface area contributed by atoms with Crippen LogP contribution >= 0.6 is 23.2 Å². The molecule has 0 spiro atoms. The zero-order valence-electron chi connectivity index (χ0n) is 17.1. The van der Waals surface area contributed by atoms with E-state index in [2.05, 4.69) is 5.10 Å². The van der Waals surface area contributed by atoms with Crippen LogP contribution in [0.5, 0.6) is 11.6 Å². The van der Waals surface area contributed by atoms with Crippen molar-refractivity contribution in [1.29, 1.82) is 0 Å². The second-order valence-electron chi connectivity index (χ2n) is 8.64. The summed E-state index contributed by atoms with van der Waals surface area (Å²) in [4.78, 5) is 12.3. The molecule has 1 aliphatic heterocycles. The predicted molar refractivity (Wildman–Crippen MR) is 114 cm³/mol. The summed E-state index contributed by atoms with van der Waals surface area (Å²) >= 11 is 12.9. The molecular formula is C20H23BCl2N2O4. The van der Waals surface area contributed by atoms with Crippen LogP contribution in [0.25, 0.3) is 0 Å². The fraction of sp³-hybridized carbons (Fsp3) is 0.500. The van der Waals surface area contributed by atoms with Gasteiger partial charge in [-0.3, -0.25) is 4.79 Å².